The molecule has 3 aromatic rings. The molecule has 0 amide bonds. The van der Waals surface area contributed by atoms with Gasteiger partial charge < -0.3 is 4.98 Å². The molecule has 0 atom stereocenters. The SMILES string of the molecule is Fc1c[nH]c2c1c(C(F)(F)F)cc1ccccc12. The van der Waals surface area contributed by atoms with Crippen LogP contribution in [0, 0.1) is 5.82 Å². The van der Waals surface area contributed by atoms with Crippen LogP contribution in [0.5, 0.6) is 0 Å². The van der Waals surface area contributed by atoms with Crippen molar-refractivity contribution in [3.63, 3.8) is 0 Å². The Balaban J connectivity index is 2.57. The number of halogens is 4. The van der Waals surface area contributed by atoms with Gasteiger partial charge in [-0.1, -0.05) is 24.3 Å². The quantitative estimate of drug-likeness (QED) is 0.568. The molecule has 0 unspecified atom stereocenters. The van der Waals surface area contributed by atoms with Gasteiger partial charge in [0.25, 0.3) is 0 Å². The average molecular weight is 253 g/mol. The minimum absolute atomic E-state index is 0.179. The highest BCUT2D eigenvalue weighted by Crippen LogP contribution is 2.39. The molecule has 3 rings (SSSR count). The van der Waals surface area contributed by atoms with E-state index in [0.29, 0.717) is 10.8 Å². The van der Waals surface area contributed by atoms with E-state index < -0.39 is 22.9 Å². The Bertz CT molecular complexity index is 740. The number of hydrogen-bond acceptors (Lipinski definition) is 0. The third kappa shape index (κ3) is 1.47. The molecule has 0 saturated carbocycles. The molecule has 0 spiro atoms. The summed E-state index contributed by atoms with van der Waals surface area (Å²) in [5.74, 6) is -0.886. The molecule has 5 heteroatoms. The Hall–Kier alpha value is -2.04. The fourth-order valence-electron chi connectivity index (χ4n) is 2.18. The molecule has 0 bridgehead atoms. The normalized spacial score (nSPS) is 12.4. The number of nitrogens with one attached hydrogen (secondary N) is 1. The second-order valence-electron chi connectivity index (χ2n) is 4.03. The lowest BCUT2D eigenvalue weighted by Crippen LogP contribution is -2.06. The first-order valence-electron chi connectivity index (χ1n) is 5.24. The van der Waals surface area contributed by atoms with Crippen molar-refractivity contribution in [2.45, 2.75) is 6.18 Å². The maximum absolute atomic E-state index is 13.5. The van der Waals surface area contributed by atoms with Gasteiger partial charge in [0.2, 0.25) is 0 Å². The van der Waals surface area contributed by atoms with Crippen molar-refractivity contribution in [1.29, 1.82) is 0 Å². The van der Waals surface area contributed by atoms with Crippen molar-refractivity contribution in [3.8, 4) is 0 Å². The maximum atomic E-state index is 13.5. The second kappa shape index (κ2) is 3.48. The van der Waals surface area contributed by atoms with Crippen LogP contribution in [-0.2, 0) is 6.18 Å². The van der Waals surface area contributed by atoms with Gasteiger partial charge in [0.05, 0.1) is 11.1 Å². The van der Waals surface area contributed by atoms with Gasteiger partial charge >= 0.3 is 6.18 Å². The third-order valence-electron chi connectivity index (χ3n) is 2.94. The average Bonchev–Trinajstić information content (AvgIpc) is 2.70. The topological polar surface area (TPSA) is 15.8 Å². The fraction of sp³-hybridized carbons (Fsp3) is 0.0769. The summed E-state index contributed by atoms with van der Waals surface area (Å²) in [5.41, 5.74) is -0.770. The Morgan fingerprint density at radius 3 is 2.50 bits per heavy atom. The van der Waals surface area contributed by atoms with Crippen LogP contribution in [0.15, 0.2) is 36.5 Å². The summed E-state index contributed by atoms with van der Waals surface area (Å²) in [6.45, 7) is 0. The van der Waals surface area contributed by atoms with Gasteiger partial charge in [0, 0.05) is 17.0 Å². The van der Waals surface area contributed by atoms with Crippen LogP contribution in [0.1, 0.15) is 5.56 Å². The Labute approximate surface area is 99.0 Å². The van der Waals surface area contributed by atoms with Gasteiger partial charge in [0.1, 0.15) is 5.82 Å². The molecule has 0 fully saturated rings. The van der Waals surface area contributed by atoms with Gasteiger partial charge in [-0.3, -0.25) is 0 Å². The lowest BCUT2D eigenvalue weighted by atomic mass is 10.0. The highest BCUT2D eigenvalue weighted by Gasteiger charge is 2.34. The maximum Gasteiger partial charge on any atom is 0.417 e. The van der Waals surface area contributed by atoms with E-state index in [1.165, 1.54) is 0 Å². The van der Waals surface area contributed by atoms with Crippen molar-refractivity contribution in [2.24, 2.45) is 0 Å². The van der Waals surface area contributed by atoms with E-state index in [0.717, 1.165) is 12.3 Å². The highest BCUT2D eigenvalue weighted by molar-refractivity contribution is 6.07. The van der Waals surface area contributed by atoms with Crippen LogP contribution >= 0.6 is 0 Å². The number of H-pyrrole nitrogens is 1. The van der Waals surface area contributed by atoms with E-state index in [-0.39, 0.29) is 5.52 Å². The molecule has 2 aromatic carbocycles. The molecule has 1 nitrogen and oxygen atoms in total. The van der Waals surface area contributed by atoms with Crippen LogP contribution in [0.2, 0.25) is 0 Å². The van der Waals surface area contributed by atoms with Gasteiger partial charge in [-0.15, -0.1) is 0 Å². The number of hydrogen-bond donors (Lipinski definition) is 1. The second-order valence-corrected chi connectivity index (χ2v) is 4.03. The van der Waals surface area contributed by atoms with E-state index in [4.69, 9.17) is 0 Å². The van der Waals surface area contributed by atoms with E-state index in [9.17, 15) is 17.6 Å². The zero-order valence-corrected chi connectivity index (χ0v) is 8.98. The Morgan fingerprint density at radius 1 is 1.06 bits per heavy atom. The van der Waals surface area contributed by atoms with E-state index in [1.54, 1.807) is 24.3 Å². The van der Waals surface area contributed by atoms with Gasteiger partial charge in [-0.05, 0) is 11.5 Å². The number of alkyl halides is 3. The van der Waals surface area contributed by atoms with Crippen LogP contribution in [0.3, 0.4) is 0 Å². The summed E-state index contributed by atoms with van der Waals surface area (Å²) in [5, 5.41) is 0.602. The molecule has 0 aliphatic rings. The summed E-state index contributed by atoms with van der Waals surface area (Å²) >= 11 is 0. The van der Waals surface area contributed by atoms with Crippen LogP contribution < -0.4 is 0 Å². The van der Waals surface area contributed by atoms with E-state index in [1.807, 2.05) is 0 Å². The summed E-state index contributed by atoms with van der Waals surface area (Å²) in [6.07, 6.45) is -3.63. The molecular formula is C13H7F4N. The van der Waals surface area contributed by atoms with Gasteiger partial charge in [-0.25, -0.2) is 4.39 Å². The summed E-state index contributed by atoms with van der Waals surface area (Å²) in [7, 11) is 0. The first-order chi connectivity index (χ1) is 8.48. The first kappa shape index (κ1) is 11.1. The standard InChI is InChI=1S/C13H7F4N/c14-10-6-18-12-8-4-2-1-3-7(8)5-9(11(10)12)13(15,16)17/h1-6,18H. The highest BCUT2D eigenvalue weighted by atomic mass is 19.4. The third-order valence-corrected chi connectivity index (χ3v) is 2.94. The molecule has 0 aliphatic heterocycles. The largest absolute Gasteiger partial charge is 0.417 e. The van der Waals surface area contributed by atoms with E-state index in [2.05, 4.69) is 4.98 Å². The number of aromatic nitrogens is 1. The van der Waals surface area contributed by atoms with Gasteiger partial charge in [-0.2, -0.15) is 13.2 Å². The molecule has 0 aliphatic carbocycles. The van der Waals surface area contributed by atoms with Crippen molar-refractivity contribution in [3.05, 3.63) is 47.9 Å². The molecule has 1 heterocycles. The monoisotopic (exact) mass is 253 g/mol. The van der Waals surface area contributed by atoms with Crippen molar-refractivity contribution in [1.82, 2.24) is 4.98 Å². The first-order valence-corrected chi connectivity index (χ1v) is 5.24. The molecular weight excluding hydrogens is 246 g/mol. The molecule has 0 radical (unpaired) electrons. The van der Waals surface area contributed by atoms with Crippen molar-refractivity contribution in [2.75, 3.05) is 0 Å². The predicted molar refractivity (Wildman–Crippen MR) is 60.8 cm³/mol. The van der Waals surface area contributed by atoms with Crippen LogP contribution in [0.25, 0.3) is 21.7 Å². The number of fused-ring (bicyclic) bond motifs is 3. The molecule has 92 valence electrons. The minimum atomic E-state index is -4.58. The Morgan fingerprint density at radius 2 is 1.78 bits per heavy atom. The van der Waals surface area contributed by atoms with Crippen molar-refractivity contribution >= 4 is 21.7 Å². The molecule has 0 saturated heterocycles. The zero-order valence-electron chi connectivity index (χ0n) is 8.98. The fourth-order valence-corrected chi connectivity index (χ4v) is 2.18. The molecule has 18 heavy (non-hydrogen) atoms. The summed E-state index contributed by atoms with van der Waals surface area (Å²) in [4.78, 5) is 2.57. The lowest BCUT2D eigenvalue weighted by Gasteiger charge is -2.10. The predicted octanol–water partition coefficient (Wildman–Crippen LogP) is 4.48. The smallest absolute Gasteiger partial charge is 0.358 e. The molecule has 1 aromatic heterocycles. The minimum Gasteiger partial charge on any atom is -0.358 e. The zero-order chi connectivity index (χ0) is 12.9. The number of aromatic amines is 1. The molecule has 1 N–H and O–H groups in total. The van der Waals surface area contributed by atoms with Crippen LogP contribution in [-0.4, -0.2) is 4.98 Å². The van der Waals surface area contributed by atoms with E-state index >= 15 is 0 Å². The van der Waals surface area contributed by atoms with Gasteiger partial charge in [0.15, 0.2) is 0 Å². The Kier molecular flexibility index (Phi) is 2.14. The number of benzene rings is 2. The summed E-state index contributed by atoms with van der Waals surface area (Å²) in [6, 6.07) is 7.56. The lowest BCUT2D eigenvalue weighted by molar-refractivity contribution is -0.136. The van der Waals surface area contributed by atoms with Crippen molar-refractivity contribution < 1.29 is 17.6 Å². The summed E-state index contributed by atoms with van der Waals surface area (Å²) < 4.78 is 52.3. The number of rotatable bonds is 0. The van der Waals surface area contributed by atoms with Crippen LogP contribution in [0.4, 0.5) is 17.6 Å².